The first-order chi connectivity index (χ1) is 19.3. The SMILES string of the molecule is CCCCCCC/C=C\CCCCCCCC(=O)NC(CS(=O)(=O)O)C(O)/C=C/CC/C=C/CCCCCCC. The van der Waals surface area contributed by atoms with Gasteiger partial charge in [-0.25, -0.2) is 0 Å². The van der Waals surface area contributed by atoms with Crippen molar-refractivity contribution in [3.63, 3.8) is 0 Å². The van der Waals surface area contributed by atoms with E-state index in [0.29, 0.717) is 6.42 Å². The van der Waals surface area contributed by atoms with Gasteiger partial charge in [0.05, 0.1) is 17.9 Å². The van der Waals surface area contributed by atoms with Crippen molar-refractivity contribution in [1.82, 2.24) is 5.32 Å². The minimum absolute atomic E-state index is 0.277. The Morgan fingerprint density at radius 3 is 1.57 bits per heavy atom. The molecule has 1 amide bonds. The number of amides is 1. The molecule has 0 spiro atoms. The van der Waals surface area contributed by atoms with E-state index in [1.54, 1.807) is 6.08 Å². The molecule has 0 fully saturated rings. The summed E-state index contributed by atoms with van der Waals surface area (Å²) < 4.78 is 32.2. The molecule has 0 aliphatic heterocycles. The van der Waals surface area contributed by atoms with Gasteiger partial charge in [-0.2, -0.15) is 8.42 Å². The standard InChI is InChI=1S/C33H61NO5S/c1-3-5-7-9-11-13-15-16-17-19-21-23-25-27-29-33(36)34-31(30-40(37,38)39)32(35)28-26-24-22-20-18-14-12-10-8-6-4-2/h15-16,18,20,26,28,31-32,35H,3-14,17,19,21-25,27,29-30H2,1-2H3,(H,34,36)(H,37,38,39)/b16-15-,20-18+,28-26+. The molecule has 40 heavy (non-hydrogen) atoms. The summed E-state index contributed by atoms with van der Waals surface area (Å²) in [6, 6.07) is -1.07. The van der Waals surface area contributed by atoms with Gasteiger partial charge < -0.3 is 10.4 Å². The molecule has 7 heteroatoms. The van der Waals surface area contributed by atoms with Gasteiger partial charge in [-0.05, 0) is 57.8 Å². The van der Waals surface area contributed by atoms with Gasteiger partial charge >= 0.3 is 0 Å². The molecule has 0 saturated carbocycles. The first-order valence-corrected chi connectivity index (χ1v) is 17.8. The van der Waals surface area contributed by atoms with E-state index in [4.69, 9.17) is 0 Å². The lowest BCUT2D eigenvalue weighted by Gasteiger charge is -2.21. The average Bonchev–Trinajstić information content (AvgIpc) is 2.90. The number of allylic oxidation sites excluding steroid dienone is 5. The number of nitrogens with one attached hydrogen (secondary N) is 1. The van der Waals surface area contributed by atoms with Crippen molar-refractivity contribution in [2.75, 3.05) is 5.75 Å². The van der Waals surface area contributed by atoms with Gasteiger partial charge in [0.25, 0.3) is 10.1 Å². The van der Waals surface area contributed by atoms with Gasteiger partial charge in [-0.3, -0.25) is 9.35 Å². The first kappa shape index (κ1) is 38.6. The van der Waals surface area contributed by atoms with E-state index in [9.17, 15) is 22.9 Å². The Hall–Kier alpha value is -1.44. The second-order valence-corrected chi connectivity index (χ2v) is 12.6. The molecule has 0 aromatic carbocycles. The van der Waals surface area contributed by atoms with Crippen LogP contribution in [-0.2, 0) is 14.9 Å². The maximum Gasteiger partial charge on any atom is 0.267 e. The van der Waals surface area contributed by atoms with Crippen LogP contribution in [0.4, 0.5) is 0 Å². The van der Waals surface area contributed by atoms with E-state index in [0.717, 1.165) is 51.4 Å². The molecule has 3 N–H and O–H groups in total. The zero-order chi connectivity index (χ0) is 29.7. The third-order valence-corrected chi connectivity index (χ3v) is 7.82. The molecular formula is C33H61NO5S. The minimum atomic E-state index is -4.34. The largest absolute Gasteiger partial charge is 0.387 e. The Morgan fingerprint density at radius 2 is 1.07 bits per heavy atom. The summed E-state index contributed by atoms with van der Waals surface area (Å²) in [5.41, 5.74) is 0. The average molecular weight is 584 g/mol. The molecule has 0 aromatic rings. The molecule has 0 aliphatic rings. The van der Waals surface area contributed by atoms with Crippen LogP contribution >= 0.6 is 0 Å². The van der Waals surface area contributed by atoms with Gasteiger partial charge in [0.1, 0.15) is 0 Å². The summed E-state index contributed by atoms with van der Waals surface area (Å²) in [5.74, 6) is -1.01. The van der Waals surface area contributed by atoms with Gasteiger partial charge in [-0.1, -0.05) is 121 Å². The molecule has 0 saturated heterocycles. The second kappa shape index (κ2) is 27.7. The summed E-state index contributed by atoms with van der Waals surface area (Å²) in [6.07, 6.45) is 34.1. The van der Waals surface area contributed by atoms with Crippen LogP contribution in [0.25, 0.3) is 0 Å². The molecular weight excluding hydrogens is 522 g/mol. The quantitative estimate of drug-likeness (QED) is 0.0486. The number of rotatable bonds is 28. The van der Waals surface area contributed by atoms with Crippen LogP contribution in [-0.4, -0.2) is 41.9 Å². The summed E-state index contributed by atoms with van der Waals surface area (Å²) >= 11 is 0. The zero-order valence-corrected chi connectivity index (χ0v) is 26.5. The fraction of sp³-hybridized carbons (Fsp3) is 0.788. The summed E-state index contributed by atoms with van der Waals surface area (Å²) in [6.45, 7) is 4.45. The highest BCUT2D eigenvalue weighted by molar-refractivity contribution is 7.85. The third-order valence-electron chi connectivity index (χ3n) is 7.04. The molecule has 0 heterocycles. The first-order valence-electron chi connectivity index (χ1n) is 16.2. The van der Waals surface area contributed by atoms with Crippen molar-refractivity contribution in [3.8, 4) is 0 Å². The van der Waals surface area contributed by atoms with E-state index in [1.165, 1.54) is 76.7 Å². The normalized spacial score (nSPS) is 14.0. The fourth-order valence-electron chi connectivity index (χ4n) is 4.57. The highest BCUT2D eigenvalue weighted by Crippen LogP contribution is 2.11. The summed E-state index contributed by atoms with van der Waals surface area (Å²) in [4.78, 5) is 12.4. The van der Waals surface area contributed by atoms with Crippen molar-refractivity contribution in [3.05, 3.63) is 36.5 Å². The predicted octanol–water partition coefficient (Wildman–Crippen LogP) is 8.62. The Labute approximate surface area is 246 Å². The van der Waals surface area contributed by atoms with Crippen LogP contribution in [0.15, 0.2) is 36.5 Å². The van der Waals surface area contributed by atoms with Crippen LogP contribution in [0.1, 0.15) is 149 Å². The molecule has 0 radical (unpaired) electrons. The molecule has 2 atom stereocenters. The Balaban J connectivity index is 4.12. The third kappa shape index (κ3) is 28.1. The second-order valence-electron chi connectivity index (χ2n) is 11.1. The van der Waals surface area contributed by atoms with Crippen LogP contribution in [0.5, 0.6) is 0 Å². The van der Waals surface area contributed by atoms with Crippen molar-refractivity contribution >= 4 is 16.0 Å². The maximum atomic E-state index is 12.4. The maximum absolute atomic E-state index is 12.4. The Kier molecular flexibility index (Phi) is 26.7. The van der Waals surface area contributed by atoms with Gasteiger partial charge in [-0.15, -0.1) is 0 Å². The highest BCUT2D eigenvalue weighted by Gasteiger charge is 2.24. The molecule has 0 bridgehead atoms. The van der Waals surface area contributed by atoms with Gasteiger partial charge in [0.2, 0.25) is 5.91 Å². The van der Waals surface area contributed by atoms with Crippen LogP contribution in [0.2, 0.25) is 0 Å². The van der Waals surface area contributed by atoms with Crippen LogP contribution in [0.3, 0.4) is 0 Å². The van der Waals surface area contributed by atoms with Crippen molar-refractivity contribution in [2.24, 2.45) is 0 Å². The van der Waals surface area contributed by atoms with Gasteiger partial charge in [0.15, 0.2) is 0 Å². The molecule has 2 unspecified atom stereocenters. The summed E-state index contributed by atoms with van der Waals surface area (Å²) in [7, 11) is -4.34. The Bertz CT molecular complexity index is 776. The van der Waals surface area contributed by atoms with Crippen molar-refractivity contribution in [1.29, 1.82) is 0 Å². The zero-order valence-electron chi connectivity index (χ0n) is 25.7. The van der Waals surface area contributed by atoms with Crippen LogP contribution < -0.4 is 5.32 Å². The van der Waals surface area contributed by atoms with Gasteiger partial charge in [0, 0.05) is 6.42 Å². The van der Waals surface area contributed by atoms with E-state index in [2.05, 4.69) is 43.5 Å². The topological polar surface area (TPSA) is 104 Å². The monoisotopic (exact) mass is 583 g/mol. The molecule has 0 aromatic heterocycles. The summed E-state index contributed by atoms with van der Waals surface area (Å²) in [5, 5.41) is 13.1. The van der Waals surface area contributed by atoms with E-state index in [1.807, 2.05) is 0 Å². The number of aliphatic hydroxyl groups is 1. The molecule has 6 nitrogen and oxygen atoms in total. The lowest BCUT2D eigenvalue weighted by atomic mass is 10.1. The fourth-order valence-corrected chi connectivity index (χ4v) is 5.31. The van der Waals surface area contributed by atoms with E-state index < -0.39 is 28.0 Å². The smallest absolute Gasteiger partial charge is 0.267 e. The predicted molar refractivity (Wildman–Crippen MR) is 170 cm³/mol. The van der Waals surface area contributed by atoms with E-state index in [-0.39, 0.29) is 12.3 Å². The number of carbonyl (C=O) groups is 1. The Morgan fingerprint density at radius 1 is 0.650 bits per heavy atom. The minimum Gasteiger partial charge on any atom is -0.387 e. The lowest BCUT2D eigenvalue weighted by molar-refractivity contribution is -0.122. The molecule has 234 valence electrons. The molecule has 0 aliphatic carbocycles. The highest BCUT2D eigenvalue weighted by atomic mass is 32.2. The van der Waals surface area contributed by atoms with E-state index >= 15 is 0 Å². The number of hydrogen-bond acceptors (Lipinski definition) is 4. The van der Waals surface area contributed by atoms with Crippen LogP contribution in [0, 0.1) is 0 Å². The number of aliphatic hydroxyl groups excluding tert-OH is 1. The van der Waals surface area contributed by atoms with Crippen molar-refractivity contribution in [2.45, 2.75) is 161 Å². The van der Waals surface area contributed by atoms with Crippen molar-refractivity contribution < 1.29 is 22.9 Å². The number of unbranched alkanes of at least 4 members (excludes halogenated alkanes) is 16. The molecule has 0 rings (SSSR count). The lowest BCUT2D eigenvalue weighted by Crippen LogP contribution is -2.46. The number of carbonyl (C=O) groups excluding carboxylic acids is 1. The number of hydrogen-bond donors (Lipinski definition) is 3.